The zero-order valence-electron chi connectivity index (χ0n) is 12.3. The number of fused-ring (bicyclic) bond motifs is 1. The van der Waals surface area contributed by atoms with E-state index in [1.54, 1.807) is 13.3 Å². The van der Waals surface area contributed by atoms with Gasteiger partial charge < -0.3 is 14.2 Å². The number of aryl methyl sites for hydroxylation is 1. The van der Waals surface area contributed by atoms with Gasteiger partial charge in [-0.15, -0.1) is 0 Å². The standard InChI is InChI=1S/C15H23N3O2/c1-3-14-16-4-5-17(14)10-15(19)18-8-11-6-13(20-2)7-12(11)9-18/h4-5,11-13H,3,6-10H2,1-2H3/t11-,12+,13?. The molecule has 0 N–H and O–H groups in total. The van der Waals surface area contributed by atoms with E-state index in [2.05, 4.69) is 11.9 Å². The number of aromatic nitrogens is 2. The number of methoxy groups -OCH3 is 1. The first-order chi connectivity index (χ1) is 9.71. The number of imidazole rings is 1. The summed E-state index contributed by atoms with van der Waals surface area (Å²) in [7, 11) is 1.79. The quantitative estimate of drug-likeness (QED) is 0.834. The second kappa shape index (κ2) is 5.56. The number of hydrogen-bond donors (Lipinski definition) is 0. The zero-order valence-corrected chi connectivity index (χ0v) is 12.3. The number of nitrogens with zero attached hydrogens (tertiary/aromatic N) is 3. The van der Waals surface area contributed by atoms with Crippen molar-refractivity contribution in [1.29, 1.82) is 0 Å². The predicted molar refractivity (Wildman–Crippen MR) is 75.2 cm³/mol. The molecular weight excluding hydrogens is 254 g/mol. The Kier molecular flexibility index (Phi) is 3.78. The number of ether oxygens (including phenoxy) is 1. The van der Waals surface area contributed by atoms with Gasteiger partial charge in [-0.05, 0) is 24.7 Å². The van der Waals surface area contributed by atoms with Crippen molar-refractivity contribution in [3.8, 4) is 0 Å². The Morgan fingerprint density at radius 1 is 1.40 bits per heavy atom. The third-order valence-corrected chi connectivity index (χ3v) is 4.82. The first kappa shape index (κ1) is 13.6. The summed E-state index contributed by atoms with van der Waals surface area (Å²) in [6.07, 6.45) is 7.15. The average molecular weight is 277 g/mol. The van der Waals surface area contributed by atoms with E-state index in [4.69, 9.17) is 4.74 Å². The zero-order chi connectivity index (χ0) is 14.1. The van der Waals surface area contributed by atoms with Crippen molar-refractivity contribution in [2.45, 2.75) is 38.8 Å². The van der Waals surface area contributed by atoms with Crippen LogP contribution in [0, 0.1) is 11.8 Å². The lowest BCUT2D eigenvalue weighted by atomic mass is 10.0. The fourth-order valence-electron chi connectivity index (χ4n) is 3.68. The molecule has 1 saturated heterocycles. The topological polar surface area (TPSA) is 47.4 Å². The highest BCUT2D eigenvalue weighted by molar-refractivity contribution is 5.76. The first-order valence-corrected chi connectivity index (χ1v) is 7.51. The number of likely N-dealkylation sites (tertiary alicyclic amines) is 1. The molecule has 2 heterocycles. The Labute approximate surface area is 119 Å². The fourth-order valence-corrected chi connectivity index (χ4v) is 3.68. The molecule has 1 aliphatic carbocycles. The lowest BCUT2D eigenvalue weighted by Gasteiger charge is -2.19. The van der Waals surface area contributed by atoms with Crippen LogP contribution in [0.3, 0.4) is 0 Å². The van der Waals surface area contributed by atoms with Crippen molar-refractivity contribution in [3.05, 3.63) is 18.2 Å². The lowest BCUT2D eigenvalue weighted by molar-refractivity contribution is -0.131. The third kappa shape index (κ3) is 2.46. The van der Waals surface area contributed by atoms with Crippen LogP contribution in [0.4, 0.5) is 0 Å². The smallest absolute Gasteiger partial charge is 0.242 e. The molecule has 0 spiro atoms. The maximum Gasteiger partial charge on any atom is 0.242 e. The van der Waals surface area contributed by atoms with Gasteiger partial charge in [-0.3, -0.25) is 4.79 Å². The molecule has 3 atom stereocenters. The second-order valence-corrected chi connectivity index (χ2v) is 5.97. The van der Waals surface area contributed by atoms with Gasteiger partial charge in [-0.25, -0.2) is 4.98 Å². The van der Waals surface area contributed by atoms with Gasteiger partial charge in [0, 0.05) is 39.0 Å². The minimum atomic E-state index is 0.223. The molecule has 2 aliphatic rings. The molecule has 0 bridgehead atoms. The van der Waals surface area contributed by atoms with Crippen LogP contribution in [0.25, 0.3) is 0 Å². The van der Waals surface area contributed by atoms with Gasteiger partial charge in [0.1, 0.15) is 12.4 Å². The number of carbonyl (C=O) groups is 1. The van der Waals surface area contributed by atoms with E-state index in [0.717, 1.165) is 38.2 Å². The van der Waals surface area contributed by atoms with Crippen molar-refractivity contribution in [2.24, 2.45) is 11.8 Å². The molecule has 5 heteroatoms. The Morgan fingerprint density at radius 3 is 2.70 bits per heavy atom. The Balaban J connectivity index is 1.58. The van der Waals surface area contributed by atoms with Crippen LogP contribution in [-0.4, -0.2) is 46.7 Å². The Morgan fingerprint density at radius 2 is 2.10 bits per heavy atom. The normalized spacial score (nSPS) is 28.9. The van der Waals surface area contributed by atoms with Crippen molar-refractivity contribution in [3.63, 3.8) is 0 Å². The van der Waals surface area contributed by atoms with E-state index >= 15 is 0 Å². The fraction of sp³-hybridized carbons (Fsp3) is 0.733. The molecule has 5 nitrogen and oxygen atoms in total. The second-order valence-electron chi connectivity index (χ2n) is 5.97. The molecule has 1 aromatic heterocycles. The van der Waals surface area contributed by atoms with Gasteiger partial charge in [-0.2, -0.15) is 0 Å². The van der Waals surface area contributed by atoms with E-state index in [-0.39, 0.29) is 5.91 Å². The van der Waals surface area contributed by atoms with Crippen LogP contribution in [0.2, 0.25) is 0 Å². The average Bonchev–Trinajstić information content (AvgIpc) is 3.11. The Bertz CT molecular complexity index is 471. The van der Waals surface area contributed by atoms with Gasteiger partial charge in [0.25, 0.3) is 0 Å². The highest BCUT2D eigenvalue weighted by Gasteiger charge is 2.42. The van der Waals surface area contributed by atoms with Crippen LogP contribution in [-0.2, 0) is 22.5 Å². The third-order valence-electron chi connectivity index (χ3n) is 4.82. The molecular formula is C15H23N3O2. The summed E-state index contributed by atoms with van der Waals surface area (Å²) in [6, 6.07) is 0. The van der Waals surface area contributed by atoms with Gasteiger partial charge in [0.2, 0.25) is 5.91 Å². The van der Waals surface area contributed by atoms with Crippen molar-refractivity contribution in [2.75, 3.05) is 20.2 Å². The van der Waals surface area contributed by atoms with E-state index in [0.29, 0.717) is 24.5 Å². The molecule has 1 aliphatic heterocycles. The van der Waals surface area contributed by atoms with E-state index in [1.165, 1.54) is 0 Å². The number of carbonyl (C=O) groups excluding carboxylic acids is 1. The summed E-state index contributed by atoms with van der Waals surface area (Å²) in [6.45, 7) is 4.30. The molecule has 1 unspecified atom stereocenters. The molecule has 0 radical (unpaired) electrons. The highest BCUT2D eigenvalue weighted by atomic mass is 16.5. The van der Waals surface area contributed by atoms with Gasteiger partial charge in [-0.1, -0.05) is 6.92 Å². The summed E-state index contributed by atoms with van der Waals surface area (Å²) in [5.41, 5.74) is 0. The minimum absolute atomic E-state index is 0.223. The predicted octanol–water partition coefficient (Wildman–Crippen LogP) is 1.33. The number of amides is 1. The van der Waals surface area contributed by atoms with E-state index < -0.39 is 0 Å². The summed E-state index contributed by atoms with van der Waals surface area (Å²) in [5, 5.41) is 0. The summed E-state index contributed by atoms with van der Waals surface area (Å²) in [4.78, 5) is 18.7. The summed E-state index contributed by atoms with van der Waals surface area (Å²) >= 11 is 0. The van der Waals surface area contributed by atoms with Crippen LogP contribution in [0.1, 0.15) is 25.6 Å². The maximum atomic E-state index is 12.4. The number of hydrogen-bond acceptors (Lipinski definition) is 3. The lowest BCUT2D eigenvalue weighted by Crippen LogP contribution is -2.33. The van der Waals surface area contributed by atoms with Crippen molar-refractivity contribution < 1.29 is 9.53 Å². The highest BCUT2D eigenvalue weighted by Crippen LogP contribution is 2.39. The van der Waals surface area contributed by atoms with Gasteiger partial charge >= 0.3 is 0 Å². The van der Waals surface area contributed by atoms with E-state index in [1.807, 2.05) is 15.7 Å². The Hall–Kier alpha value is -1.36. The maximum absolute atomic E-state index is 12.4. The van der Waals surface area contributed by atoms with Crippen molar-refractivity contribution >= 4 is 5.91 Å². The first-order valence-electron chi connectivity index (χ1n) is 7.51. The molecule has 1 aromatic rings. The molecule has 1 saturated carbocycles. The summed E-state index contributed by atoms with van der Waals surface area (Å²) in [5.74, 6) is 2.48. The molecule has 3 rings (SSSR count). The monoisotopic (exact) mass is 277 g/mol. The molecule has 0 aromatic carbocycles. The molecule has 110 valence electrons. The number of rotatable bonds is 4. The minimum Gasteiger partial charge on any atom is -0.381 e. The van der Waals surface area contributed by atoms with Crippen LogP contribution >= 0.6 is 0 Å². The molecule has 1 amide bonds. The molecule has 20 heavy (non-hydrogen) atoms. The van der Waals surface area contributed by atoms with Crippen LogP contribution in [0.15, 0.2) is 12.4 Å². The van der Waals surface area contributed by atoms with Crippen LogP contribution < -0.4 is 0 Å². The largest absolute Gasteiger partial charge is 0.381 e. The van der Waals surface area contributed by atoms with E-state index in [9.17, 15) is 4.79 Å². The SMILES string of the molecule is CCc1nccn1CC(=O)N1C[C@H]2CC(OC)C[C@H]2C1. The summed E-state index contributed by atoms with van der Waals surface area (Å²) < 4.78 is 7.41. The van der Waals surface area contributed by atoms with Gasteiger partial charge in [0.15, 0.2) is 0 Å². The molecule has 2 fully saturated rings. The van der Waals surface area contributed by atoms with Crippen molar-refractivity contribution in [1.82, 2.24) is 14.5 Å². The van der Waals surface area contributed by atoms with Crippen LogP contribution in [0.5, 0.6) is 0 Å². The van der Waals surface area contributed by atoms with Gasteiger partial charge in [0.05, 0.1) is 6.10 Å².